The van der Waals surface area contributed by atoms with Crippen LogP contribution in [0.4, 0.5) is 0 Å². The zero-order chi connectivity index (χ0) is 11.4. The molecule has 0 radical (unpaired) electrons. The third kappa shape index (κ3) is 2.08. The van der Waals surface area contributed by atoms with Crippen molar-refractivity contribution >= 4 is 5.97 Å². The first-order valence-corrected chi connectivity index (χ1v) is 4.31. The number of carbonyl (C=O) groups excluding carboxylic acids is 1. The molecule has 0 heterocycles. The first kappa shape index (κ1) is 11.1. The predicted octanol–water partition coefficient (Wildman–Crippen LogP) is 1.66. The summed E-state index contributed by atoms with van der Waals surface area (Å²) in [6.45, 7) is 1.77. The summed E-state index contributed by atoms with van der Waals surface area (Å²) >= 11 is 0. The van der Waals surface area contributed by atoms with Crippen molar-refractivity contribution in [1.29, 1.82) is 5.26 Å². The quantitative estimate of drug-likeness (QED) is 0.689. The number of aryl methyl sites for hydroxylation is 1. The maximum absolute atomic E-state index is 11.4. The summed E-state index contributed by atoms with van der Waals surface area (Å²) in [5, 5.41) is 8.76. The Bertz CT molecular complexity index is 432. The van der Waals surface area contributed by atoms with Crippen LogP contribution in [0.1, 0.15) is 21.5 Å². The standard InChI is InChI=1S/C11H11NO3/c1-7-4-8(6-12)5-9(10(7)14-2)11(13)15-3/h4-5H,1-3H3. The molecule has 0 unspecified atom stereocenters. The van der Waals surface area contributed by atoms with Crippen molar-refractivity contribution in [1.82, 2.24) is 0 Å². The van der Waals surface area contributed by atoms with Crippen molar-refractivity contribution in [2.24, 2.45) is 0 Å². The van der Waals surface area contributed by atoms with E-state index in [9.17, 15) is 4.79 Å². The summed E-state index contributed by atoms with van der Waals surface area (Å²) in [6, 6.07) is 5.09. The number of methoxy groups -OCH3 is 2. The van der Waals surface area contributed by atoms with Crippen molar-refractivity contribution in [3.63, 3.8) is 0 Å². The van der Waals surface area contributed by atoms with Crippen LogP contribution in [0.3, 0.4) is 0 Å². The predicted molar refractivity (Wildman–Crippen MR) is 53.8 cm³/mol. The molecule has 78 valence electrons. The van der Waals surface area contributed by atoms with Crippen LogP contribution in [0.2, 0.25) is 0 Å². The van der Waals surface area contributed by atoms with Crippen LogP contribution in [0, 0.1) is 18.3 Å². The van der Waals surface area contributed by atoms with E-state index < -0.39 is 5.97 Å². The average molecular weight is 205 g/mol. The molecule has 1 aromatic rings. The number of ether oxygens (including phenoxy) is 2. The number of nitrogens with zero attached hydrogens (tertiary/aromatic N) is 1. The number of hydrogen-bond donors (Lipinski definition) is 0. The summed E-state index contributed by atoms with van der Waals surface area (Å²) in [7, 11) is 2.76. The molecule has 0 aromatic heterocycles. The Morgan fingerprint density at radius 1 is 1.40 bits per heavy atom. The Morgan fingerprint density at radius 3 is 2.53 bits per heavy atom. The number of hydrogen-bond acceptors (Lipinski definition) is 4. The van der Waals surface area contributed by atoms with E-state index >= 15 is 0 Å². The van der Waals surface area contributed by atoms with Crippen molar-refractivity contribution in [2.45, 2.75) is 6.92 Å². The maximum atomic E-state index is 11.4. The number of rotatable bonds is 2. The highest BCUT2D eigenvalue weighted by atomic mass is 16.5. The molecule has 0 saturated heterocycles. The highest BCUT2D eigenvalue weighted by molar-refractivity contribution is 5.93. The van der Waals surface area contributed by atoms with Gasteiger partial charge in [0.1, 0.15) is 11.3 Å². The lowest BCUT2D eigenvalue weighted by molar-refractivity contribution is 0.0597. The second-order valence-electron chi connectivity index (χ2n) is 2.98. The van der Waals surface area contributed by atoms with Gasteiger partial charge in [0.2, 0.25) is 0 Å². The Hall–Kier alpha value is -2.02. The topological polar surface area (TPSA) is 59.3 Å². The normalized spacial score (nSPS) is 9.20. The van der Waals surface area contributed by atoms with E-state index in [1.807, 2.05) is 6.07 Å². The van der Waals surface area contributed by atoms with Gasteiger partial charge in [-0.05, 0) is 24.6 Å². The van der Waals surface area contributed by atoms with Crippen molar-refractivity contribution in [3.8, 4) is 11.8 Å². The average Bonchev–Trinajstić information content (AvgIpc) is 2.26. The van der Waals surface area contributed by atoms with Gasteiger partial charge in [0.25, 0.3) is 0 Å². The minimum absolute atomic E-state index is 0.275. The lowest BCUT2D eigenvalue weighted by Gasteiger charge is -2.09. The molecule has 0 aliphatic carbocycles. The molecule has 0 amide bonds. The van der Waals surface area contributed by atoms with Gasteiger partial charge >= 0.3 is 5.97 Å². The van der Waals surface area contributed by atoms with Gasteiger partial charge in [-0.15, -0.1) is 0 Å². The highest BCUT2D eigenvalue weighted by Crippen LogP contribution is 2.25. The lowest BCUT2D eigenvalue weighted by atomic mass is 10.1. The second-order valence-corrected chi connectivity index (χ2v) is 2.98. The molecular formula is C11H11NO3. The monoisotopic (exact) mass is 205 g/mol. The van der Waals surface area contributed by atoms with Gasteiger partial charge in [0, 0.05) is 0 Å². The van der Waals surface area contributed by atoms with Crippen LogP contribution < -0.4 is 4.74 Å². The molecule has 4 nitrogen and oxygen atoms in total. The SMILES string of the molecule is COC(=O)c1cc(C#N)cc(C)c1OC. The van der Waals surface area contributed by atoms with Crippen LogP contribution in [0.5, 0.6) is 5.75 Å². The minimum Gasteiger partial charge on any atom is -0.496 e. The third-order valence-electron chi connectivity index (χ3n) is 2.01. The van der Waals surface area contributed by atoms with E-state index in [1.54, 1.807) is 13.0 Å². The molecule has 1 rings (SSSR count). The van der Waals surface area contributed by atoms with Crippen molar-refractivity contribution in [2.75, 3.05) is 14.2 Å². The summed E-state index contributed by atoms with van der Waals surface area (Å²) in [4.78, 5) is 11.4. The fourth-order valence-electron chi connectivity index (χ4n) is 1.37. The van der Waals surface area contributed by atoms with Crippen LogP contribution in [-0.4, -0.2) is 20.2 Å². The van der Waals surface area contributed by atoms with E-state index in [-0.39, 0.29) is 5.56 Å². The fourth-order valence-corrected chi connectivity index (χ4v) is 1.37. The second kappa shape index (κ2) is 4.47. The molecule has 4 heteroatoms. The van der Waals surface area contributed by atoms with E-state index in [1.165, 1.54) is 20.3 Å². The lowest BCUT2D eigenvalue weighted by Crippen LogP contribution is -2.06. The van der Waals surface area contributed by atoms with E-state index in [0.717, 1.165) is 5.56 Å². The first-order chi connectivity index (χ1) is 7.13. The number of nitriles is 1. The molecule has 0 atom stereocenters. The molecule has 0 bridgehead atoms. The molecule has 0 spiro atoms. The van der Waals surface area contributed by atoms with Crippen molar-refractivity contribution < 1.29 is 14.3 Å². The van der Waals surface area contributed by atoms with E-state index in [4.69, 9.17) is 10.00 Å². The highest BCUT2D eigenvalue weighted by Gasteiger charge is 2.16. The molecular weight excluding hydrogens is 194 g/mol. The van der Waals surface area contributed by atoms with Crippen LogP contribution in [0.15, 0.2) is 12.1 Å². The molecule has 0 saturated carbocycles. The summed E-state index contributed by atoms with van der Waals surface area (Å²) in [5.74, 6) is -0.0621. The molecule has 1 aromatic carbocycles. The zero-order valence-corrected chi connectivity index (χ0v) is 8.83. The first-order valence-electron chi connectivity index (χ1n) is 4.31. The number of carbonyl (C=O) groups is 1. The molecule has 15 heavy (non-hydrogen) atoms. The molecule has 0 aliphatic rings. The zero-order valence-electron chi connectivity index (χ0n) is 8.83. The smallest absolute Gasteiger partial charge is 0.341 e. The molecule has 0 fully saturated rings. The third-order valence-corrected chi connectivity index (χ3v) is 2.01. The van der Waals surface area contributed by atoms with Gasteiger partial charge in [0.05, 0.1) is 25.9 Å². The fraction of sp³-hybridized carbons (Fsp3) is 0.273. The Balaban J connectivity index is 3.40. The Kier molecular flexibility index (Phi) is 3.29. The maximum Gasteiger partial charge on any atom is 0.341 e. The van der Waals surface area contributed by atoms with Crippen LogP contribution in [0.25, 0.3) is 0 Å². The van der Waals surface area contributed by atoms with E-state index in [0.29, 0.717) is 11.3 Å². The summed E-state index contributed by atoms with van der Waals surface area (Å²) in [5.41, 5.74) is 1.42. The summed E-state index contributed by atoms with van der Waals surface area (Å²) in [6.07, 6.45) is 0. The van der Waals surface area contributed by atoms with Gasteiger partial charge < -0.3 is 9.47 Å². The molecule has 0 aliphatic heterocycles. The minimum atomic E-state index is -0.507. The van der Waals surface area contributed by atoms with Crippen LogP contribution >= 0.6 is 0 Å². The van der Waals surface area contributed by atoms with Gasteiger partial charge in [-0.25, -0.2) is 4.79 Å². The van der Waals surface area contributed by atoms with Gasteiger partial charge in [0.15, 0.2) is 0 Å². The van der Waals surface area contributed by atoms with Gasteiger partial charge in [-0.3, -0.25) is 0 Å². The van der Waals surface area contributed by atoms with E-state index in [2.05, 4.69) is 4.74 Å². The van der Waals surface area contributed by atoms with Gasteiger partial charge in [-0.2, -0.15) is 5.26 Å². The molecule has 0 N–H and O–H groups in total. The summed E-state index contributed by atoms with van der Waals surface area (Å²) < 4.78 is 9.69. The largest absolute Gasteiger partial charge is 0.496 e. The Morgan fingerprint density at radius 2 is 2.07 bits per heavy atom. The van der Waals surface area contributed by atoms with Gasteiger partial charge in [-0.1, -0.05) is 0 Å². The number of benzene rings is 1. The van der Waals surface area contributed by atoms with Crippen LogP contribution in [-0.2, 0) is 4.74 Å². The van der Waals surface area contributed by atoms with Crippen molar-refractivity contribution in [3.05, 3.63) is 28.8 Å². The Labute approximate surface area is 88.0 Å². The number of esters is 1.